The molecular weight excluding hydrogens is 226 g/mol. The highest BCUT2D eigenvalue weighted by Crippen LogP contribution is 2.25. The van der Waals surface area contributed by atoms with E-state index in [1.54, 1.807) is 0 Å². The Bertz CT molecular complexity index is 331. The molecule has 2 N–H and O–H groups in total. The zero-order valence-electron chi connectivity index (χ0n) is 9.66. The second-order valence-corrected chi connectivity index (χ2v) is 4.07. The second kappa shape index (κ2) is 6.74. The molecule has 0 bridgehead atoms. The summed E-state index contributed by atoms with van der Waals surface area (Å²) in [6, 6.07) is 5.80. The van der Waals surface area contributed by atoms with Crippen molar-refractivity contribution >= 4 is 11.6 Å². The van der Waals surface area contributed by atoms with Crippen molar-refractivity contribution in [2.24, 2.45) is 0 Å². The Morgan fingerprint density at radius 1 is 1.50 bits per heavy atom. The Labute approximate surface area is 101 Å². The van der Waals surface area contributed by atoms with Crippen LogP contribution < -0.4 is 10.1 Å². The molecule has 0 fully saturated rings. The lowest BCUT2D eigenvalue weighted by Crippen LogP contribution is -2.28. The number of hydrogen-bond donors (Lipinski definition) is 2. The van der Waals surface area contributed by atoms with Crippen molar-refractivity contribution in [3.63, 3.8) is 0 Å². The smallest absolute Gasteiger partial charge is 0.137 e. The maximum atomic E-state index is 8.87. The predicted octanol–water partition coefficient (Wildman–Crippen LogP) is 2.21. The van der Waals surface area contributed by atoms with E-state index < -0.39 is 0 Å². The summed E-state index contributed by atoms with van der Waals surface area (Å²) in [6.07, 6.45) is 0. The molecule has 1 aromatic carbocycles. The summed E-state index contributed by atoms with van der Waals surface area (Å²) < 4.78 is 5.35. The van der Waals surface area contributed by atoms with E-state index in [2.05, 4.69) is 5.32 Å². The van der Waals surface area contributed by atoms with Gasteiger partial charge in [-0.1, -0.05) is 17.7 Å². The van der Waals surface area contributed by atoms with E-state index in [1.807, 2.05) is 32.0 Å². The molecule has 0 aliphatic carbocycles. The highest BCUT2D eigenvalue weighted by atomic mass is 35.5. The molecule has 0 amide bonds. The third-order valence-corrected chi connectivity index (χ3v) is 2.52. The number of halogens is 1. The van der Waals surface area contributed by atoms with Gasteiger partial charge in [0.15, 0.2) is 0 Å². The fraction of sp³-hybridized carbons (Fsp3) is 0.500. The fourth-order valence-corrected chi connectivity index (χ4v) is 1.54. The first-order valence-electron chi connectivity index (χ1n) is 5.42. The molecule has 0 radical (unpaired) electrons. The van der Waals surface area contributed by atoms with Crippen molar-refractivity contribution in [3.05, 3.63) is 28.8 Å². The van der Waals surface area contributed by atoms with Crippen molar-refractivity contribution < 1.29 is 9.84 Å². The molecule has 0 aromatic heterocycles. The minimum atomic E-state index is 0.0883. The van der Waals surface area contributed by atoms with E-state index in [-0.39, 0.29) is 12.6 Å². The van der Waals surface area contributed by atoms with Crippen LogP contribution in [0, 0.1) is 0 Å². The number of nitrogens with one attached hydrogen (secondary N) is 1. The standard InChI is InChI=1S/C12H18ClNO2/c1-3-16-12-5-4-10(6-11(12)13)7-14-9(2)8-15/h4-6,9,14-15H,3,7-8H2,1-2H3. The highest BCUT2D eigenvalue weighted by Gasteiger charge is 2.03. The van der Waals surface area contributed by atoms with Crippen LogP contribution in [-0.4, -0.2) is 24.4 Å². The summed E-state index contributed by atoms with van der Waals surface area (Å²) in [4.78, 5) is 0. The molecule has 1 rings (SSSR count). The van der Waals surface area contributed by atoms with Crippen LogP contribution in [0.15, 0.2) is 18.2 Å². The molecule has 1 aromatic rings. The SMILES string of the molecule is CCOc1ccc(CNC(C)CO)cc1Cl. The first-order valence-corrected chi connectivity index (χ1v) is 5.80. The van der Waals surface area contributed by atoms with Crippen LogP contribution in [0.3, 0.4) is 0 Å². The summed E-state index contributed by atoms with van der Waals surface area (Å²) in [5.41, 5.74) is 1.08. The van der Waals surface area contributed by atoms with E-state index in [9.17, 15) is 0 Å². The number of benzene rings is 1. The van der Waals surface area contributed by atoms with Crippen LogP contribution in [0.1, 0.15) is 19.4 Å². The van der Waals surface area contributed by atoms with E-state index >= 15 is 0 Å². The topological polar surface area (TPSA) is 41.5 Å². The van der Waals surface area contributed by atoms with E-state index in [0.717, 1.165) is 5.56 Å². The Hall–Kier alpha value is -0.770. The molecule has 0 aliphatic heterocycles. The van der Waals surface area contributed by atoms with Gasteiger partial charge in [0.2, 0.25) is 0 Å². The average Bonchev–Trinajstić information content (AvgIpc) is 2.29. The number of aliphatic hydroxyl groups excluding tert-OH is 1. The minimum Gasteiger partial charge on any atom is -0.492 e. The number of aliphatic hydroxyl groups is 1. The first kappa shape index (κ1) is 13.3. The molecular formula is C12H18ClNO2. The first-order chi connectivity index (χ1) is 7.67. The van der Waals surface area contributed by atoms with Gasteiger partial charge in [-0.25, -0.2) is 0 Å². The highest BCUT2D eigenvalue weighted by molar-refractivity contribution is 6.32. The molecule has 1 unspecified atom stereocenters. The molecule has 90 valence electrons. The molecule has 4 heteroatoms. The van der Waals surface area contributed by atoms with E-state index in [1.165, 1.54) is 0 Å². The van der Waals surface area contributed by atoms with Crippen LogP contribution in [0.5, 0.6) is 5.75 Å². The van der Waals surface area contributed by atoms with Crippen molar-refractivity contribution in [2.75, 3.05) is 13.2 Å². The summed E-state index contributed by atoms with van der Waals surface area (Å²) in [5.74, 6) is 0.711. The van der Waals surface area contributed by atoms with Crippen LogP contribution >= 0.6 is 11.6 Å². The average molecular weight is 244 g/mol. The maximum absolute atomic E-state index is 8.87. The van der Waals surface area contributed by atoms with Crippen LogP contribution in [0.4, 0.5) is 0 Å². The van der Waals surface area contributed by atoms with Gasteiger partial charge in [0.05, 0.1) is 18.2 Å². The summed E-state index contributed by atoms with van der Waals surface area (Å²) in [5, 5.41) is 12.7. The van der Waals surface area contributed by atoms with Crippen molar-refractivity contribution in [1.29, 1.82) is 0 Å². The second-order valence-electron chi connectivity index (χ2n) is 3.66. The van der Waals surface area contributed by atoms with Crippen molar-refractivity contribution in [1.82, 2.24) is 5.32 Å². The van der Waals surface area contributed by atoms with Crippen LogP contribution in [-0.2, 0) is 6.54 Å². The molecule has 0 saturated heterocycles. The predicted molar refractivity (Wildman–Crippen MR) is 66.0 cm³/mol. The van der Waals surface area contributed by atoms with Gasteiger partial charge in [-0.05, 0) is 31.5 Å². The Morgan fingerprint density at radius 3 is 2.81 bits per heavy atom. The lowest BCUT2D eigenvalue weighted by molar-refractivity contribution is 0.251. The fourth-order valence-electron chi connectivity index (χ4n) is 1.28. The Morgan fingerprint density at radius 2 is 2.25 bits per heavy atom. The summed E-state index contributed by atoms with van der Waals surface area (Å²) in [6.45, 7) is 5.28. The largest absolute Gasteiger partial charge is 0.492 e. The number of rotatable bonds is 6. The van der Waals surface area contributed by atoms with E-state index in [4.69, 9.17) is 21.4 Å². The van der Waals surface area contributed by atoms with Gasteiger partial charge in [0, 0.05) is 12.6 Å². The van der Waals surface area contributed by atoms with Gasteiger partial charge >= 0.3 is 0 Å². The number of ether oxygens (including phenoxy) is 1. The monoisotopic (exact) mass is 243 g/mol. The van der Waals surface area contributed by atoms with Gasteiger partial charge in [-0.15, -0.1) is 0 Å². The molecule has 0 saturated carbocycles. The third kappa shape index (κ3) is 4.00. The summed E-state index contributed by atoms with van der Waals surface area (Å²) >= 11 is 6.06. The lowest BCUT2D eigenvalue weighted by atomic mass is 10.2. The molecule has 16 heavy (non-hydrogen) atoms. The normalized spacial score (nSPS) is 12.5. The lowest BCUT2D eigenvalue weighted by Gasteiger charge is -2.12. The molecule has 1 atom stereocenters. The zero-order valence-corrected chi connectivity index (χ0v) is 10.4. The Balaban J connectivity index is 2.59. The van der Waals surface area contributed by atoms with Gasteiger partial charge in [0.1, 0.15) is 5.75 Å². The van der Waals surface area contributed by atoms with Crippen molar-refractivity contribution in [2.45, 2.75) is 26.4 Å². The molecule has 3 nitrogen and oxygen atoms in total. The van der Waals surface area contributed by atoms with E-state index in [0.29, 0.717) is 23.9 Å². The van der Waals surface area contributed by atoms with Gasteiger partial charge in [-0.3, -0.25) is 0 Å². The Kier molecular flexibility index (Phi) is 5.60. The molecule has 0 heterocycles. The minimum absolute atomic E-state index is 0.0883. The van der Waals surface area contributed by atoms with Gasteiger partial charge < -0.3 is 15.2 Å². The van der Waals surface area contributed by atoms with Gasteiger partial charge in [-0.2, -0.15) is 0 Å². The third-order valence-electron chi connectivity index (χ3n) is 2.22. The summed E-state index contributed by atoms with van der Waals surface area (Å²) in [7, 11) is 0. The quantitative estimate of drug-likeness (QED) is 0.805. The molecule has 0 aliphatic rings. The van der Waals surface area contributed by atoms with Crippen LogP contribution in [0.2, 0.25) is 5.02 Å². The molecule has 0 spiro atoms. The number of hydrogen-bond acceptors (Lipinski definition) is 3. The van der Waals surface area contributed by atoms with Crippen molar-refractivity contribution in [3.8, 4) is 5.75 Å². The van der Waals surface area contributed by atoms with Crippen LogP contribution in [0.25, 0.3) is 0 Å². The van der Waals surface area contributed by atoms with Gasteiger partial charge in [0.25, 0.3) is 0 Å². The zero-order chi connectivity index (χ0) is 12.0. The maximum Gasteiger partial charge on any atom is 0.137 e.